The lowest BCUT2D eigenvalue weighted by Crippen LogP contribution is -1.83. The molecule has 0 aliphatic carbocycles. The summed E-state index contributed by atoms with van der Waals surface area (Å²) in [5.41, 5.74) is 1.10. The van der Waals surface area contributed by atoms with Crippen LogP contribution in [0.3, 0.4) is 0 Å². The highest BCUT2D eigenvalue weighted by Crippen LogP contribution is 2.33. The van der Waals surface area contributed by atoms with Crippen LogP contribution in [0.5, 0.6) is 0 Å². The van der Waals surface area contributed by atoms with Crippen LogP contribution >= 0.6 is 34.5 Å². The number of hydrogen-bond donors (Lipinski definition) is 0. The molecule has 0 aliphatic heterocycles. The van der Waals surface area contributed by atoms with Gasteiger partial charge in [-0.2, -0.15) is 0 Å². The molecule has 0 spiro atoms. The van der Waals surface area contributed by atoms with Gasteiger partial charge in [-0.1, -0.05) is 23.2 Å². The molecule has 1 aromatic carbocycles. The van der Waals surface area contributed by atoms with E-state index >= 15 is 0 Å². The molecule has 0 fully saturated rings. The lowest BCUT2D eigenvalue weighted by atomic mass is 10.2. The van der Waals surface area contributed by atoms with Crippen LogP contribution in [0, 0.1) is 12.7 Å². The van der Waals surface area contributed by atoms with Crippen LogP contribution in [0.25, 0.3) is 10.6 Å². The normalized spacial score (nSPS) is 10.7. The maximum Gasteiger partial charge on any atom is 0.133 e. The maximum atomic E-state index is 13.5. The van der Waals surface area contributed by atoms with Crippen LogP contribution in [-0.2, 0) is 0 Å². The zero-order valence-corrected chi connectivity index (χ0v) is 10.0. The second-order valence-electron chi connectivity index (χ2n) is 3.00. The van der Waals surface area contributed by atoms with Gasteiger partial charge in [-0.15, -0.1) is 11.3 Å². The Balaban J connectivity index is 2.58. The first-order valence-electron chi connectivity index (χ1n) is 4.16. The molecule has 1 aromatic heterocycles. The van der Waals surface area contributed by atoms with Crippen LogP contribution in [-0.4, -0.2) is 4.98 Å². The summed E-state index contributed by atoms with van der Waals surface area (Å²) >= 11 is 12.9. The maximum absolute atomic E-state index is 13.5. The van der Waals surface area contributed by atoms with E-state index in [1.807, 2.05) is 0 Å². The standard InChI is InChI=1S/C10H6Cl2FNS/c1-5-9(12)15-10(14-5)7-4-6(11)2-3-8(7)13/h2-4H,1H3. The number of benzene rings is 1. The molecule has 0 aliphatic rings. The van der Waals surface area contributed by atoms with E-state index in [1.165, 1.54) is 23.5 Å². The lowest BCUT2D eigenvalue weighted by Gasteiger charge is -1.98. The second kappa shape index (κ2) is 4.08. The monoisotopic (exact) mass is 261 g/mol. The van der Waals surface area contributed by atoms with Crippen molar-refractivity contribution in [2.75, 3.05) is 0 Å². The average molecular weight is 262 g/mol. The smallest absolute Gasteiger partial charge is 0.133 e. The van der Waals surface area contributed by atoms with Gasteiger partial charge in [-0.3, -0.25) is 0 Å². The topological polar surface area (TPSA) is 12.9 Å². The summed E-state index contributed by atoms with van der Waals surface area (Å²) < 4.78 is 14.0. The van der Waals surface area contributed by atoms with Crippen LogP contribution in [0.15, 0.2) is 18.2 Å². The second-order valence-corrected chi connectivity index (χ2v) is 5.04. The number of aromatic nitrogens is 1. The lowest BCUT2D eigenvalue weighted by molar-refractivity contribution is 0.631. The van der Waals surface area contributed by atoms with Gasteiger partial charge in [0.05, 0.1) is 5.69 Å². The number of aryl methyl sites for hydroxylation is 1. The van der Waals surface area contributed by atoms with Crippen LogP contribution in [0.4, 0.5) is 4.39 Å². The molecule has 15 heavy (non-hydrogen) atoms. The summed E-state index contributed by atoms with van der Waals surface area (Å²) in [6.07, 6.45) is 0. The Labute approximate surface area is 100 Å². The van der Waals surface area contributed by atoms with Crippen molar-refractivity contribution >= 4 is 34.5 Å². The van der Waals surface area contributed by atoms with E-state index in [4.69, 9.17) is 23.2 Å². The third-order valence-electron chi connectivity index (χ3n) is 1.90. The highest BCUT2D eigenvalue weighted by molar-refractivity contribution is 7.19. The molecule has 2 aromatic rings. The Hall–Kier alpha value is -0.640. The fourth-order valence-electron chi connectivity index (χ4n) is 1.15. The highest BCUT2D eigenvalue weighted by Gasteiger charge is 2.12. The summed E-state index contributed by atoms with van der Waals surface area (Å²) in [6, 6.07) is 4.37. The number of nitrogens with zero attached hydrogens (tertiary/aromatic N) is 1. The molecule has 0 radical (unpaired) electrons. The Bertz CT molecular complexity index is 491. The van der Waals surface area contributed by atoms with Crippen molar-refractivity contribution in [3.63, 3.8) is 0 Å². The Morgan fingerprint density at radius 3 is 2.67 bits per heavy atom. The van der Waals surface area contributed by atoms with Crippen molar-refractivity contribution in [3.8, 4) is 10.6 Å². The van der Waals surface area contributed by atoms with E-state index in [0.29, 0.717) is 25.6 Å². The van der Waals surface area contributed by atoms with E-state index in [9.17, 15) is 4.39 Å². The Kier molecular flexibility index (Phi) is 2.96. The van der Waals surface area contributed by atoms with Crippen molar-refractivity contribution in [3.05, 3.63) is 39.1 Å². The number of rotatable bonds is 1. The van der Waals surface area contributed by atoms with E-state index in [1.54, 1.807) is 13.0 Å². The minimum Gasteiger partial charge on any atom is -0.240 e. The van der Waals surface area contributed by atoms with Crippen molar-refractivity contribution in [2.45, 2.75) is 6.92 Å². The molecule has 0 bridgehead atoms. The average Bonchev–Trinajstić information content (AvgIpc) is 2.51. The minimum absolute atomic E-state index is 0.343. The van der Waals surface area contributed by atoms with Gasteiger partial charge in [0.2, 0.25) is 0 Å². The highest BCUT2D eigenvalue weighted by atomic mass is 35.5. The Morgan fingerprint density at radius 1 is 1.33 bits per heavy atom. The SMILES string of the molecule is Cc1nc(-c2cc(Cl)ccc2F)sc1Cl. The van der Waals surface area contributed by atoms with E-state index in [2.05, 4.69) is 4.98 Å². The Morgan fingerprint density at radius 2 is 2.07 bits per heavy atom. The quantitative estimate of drug-likeness (QED) is 0.733. The van der Waals surface area contributed by atoms with Gasteiger partial charge in [-0.05, 0) is 25.1 Å². The van der Waals surface area contributed by atoms with Gasteiger partial charge in [0.1, 0.15) is 15.2 Å². The third kappa shape index (κ3) is 2.14. The van der Waals surface area contributed by atoms with Crippen molar-refractivity contribution in [2.24, 2.45) is 0 Å². The van der Waals surface area contributed by atoms with Gasteiger partial charge >= 0.3 is 0 Å². The molecular weight excluding hydrogens is 256 g/mol. The van der Waals surface area contributed by atoms with Crippen molar-refractivity contribution in [1.82, 2.24) is 4.98 Å². The zero-order chi connectivity index (χ0) is 11.0. The van der Waals surface area contributed by atoms with Crippen molar-refractivity contribution in [1.29, 1.82) is 0 Å². The first-order chi connectivity index (χ1) is 7.08. The van der Waals surface area contributed by atoms with Gasteiger partial charge in [-0.25, -0.2) is 9.37 Å². The van der Waals surface area contributed by atoms with Gasteiger partial charge in [0, 0.05) is 10.6 Å². The summed E-state index contributed by atoms with van der Waals surface area (Å²) in [6.45, 7) is 1.78. The molecule has 0 saturated heterocycles. The van der Waals surface area contributed by atoms with Crippen molar-refractivity contribution < 1.29 is 4.39 Å². The van der Waals surface area contributed by atoms with E-state index < -0.39 is 0 Å². The number of hydrogen-bond acceptors (Lipinski definition) is 2. The molecular formula is C10H6Cl2FNS. The molecule has 1 heterocycles. The van der Waals surface area contributed by atoms with E-state index in [0.717, 1.165) is 0 Å². The molecule has 0 unspecified atom stereocenters. The predicted molar refractivity (Wildman–Crippen MR) is 62.3 cm³/mol. The fourth-order valence-corrected chi connectivity index (χ4v) is 2.40. The number of halogens is 3. The van der Waals surface area contributed by atoms with E-state index in [-0.39, 0.29) is 5.82 Å². The first-order valence-corrected chi connectivity index (χ1v) is 5.73. The molecule has 0 atom stereocenters. The van der Waals surface area contributed by atoms with Crippen LogP contribution < -0.4 is 0 Å². The third-order valence-corrected chi connectivity index (χ3v) is 3.62. The number of thiazole rings is 1. The summed E-state index contributed by atoms with van der Waals surface area (Å²) in [5, 5.41) is 1.04. The minimum atomic E-state index is -0.343. The zero-order valence-electron chi connectivity index (χ0n) is 7.72. The molecule has 0 saturated carbocycles. The molecule has 5 heteroatoms. The summed E-state index contributed by atoms with van der Waals surface area (Å²) in [5.74, 6) is -0.343. The van der Waals surface area contributed by atoms with Crippen LogP contribution in [0.1, 0.15) is 5.69 Å². The molecule has 0 amide bonds. The molecule has 1 nitrogen and oxygen atoms in total. The summed E-state index contributed by atoms with van der Waals surface area (Å²) in [7, 11) is 0. The molecule has 2 rings (SSSR count). The van der Waals surface area contributed by atoms with Gasteiger partial charge < -0.3 is 0 Å². The van der Waals surface area contributed by atoms with Gasteiger partial charge in [0.15, 0.2) is 0 Å². The van der Waals surface area contributed by atoms with Crippen LogP contribution in [0.2, 0.25) is 9.36 Å². The largest absolute Gasteiger partial charge is 0.240 e. The first kappa shape index (κ1) is 10.9. The summed E-state index contributed by atoms with van der Waals surface area (Å²) in [4.78, 5) is 4.17. The predicted octanol–water partition coefficient (Wildman–Crippen LogP) is 4.56. The molecule has 78 valence electrons. The van der Waals surface area contributed by atoms with Gasteiger partial charge in [0.25, 0.3) is 0 Å². The molecule has 0 N–H and O–H groups in total. The fraction of sp³-hybridized carbons (Fsp3) is 0.100.